The molecule has 2 rings (SSSR count). The molecule has 12 heavy (non-hydrogen) atoms. The average Bonchev–Trinajstić information content (AvgIpc) is 2.28. The average molecular weight is 228 g/mol. The molecule has 0 aromatic heterocycles. The van der Waals surface area contributed by atoms with E-state index in [1.54, 1.807) is 18.2 Å². The lowest BCUT2D eigenvalue weighted by Gasteiger charge is -2.01. The summed E-state index contributed by atoms with van der Waals surface area (Å²) in [4.78, 5) is 11.1. The number of carbonyl (C=O) groups excluding carboxylic acids is 1. The summed E-state index contributed by atoms with van der Waals surface area (Å²) in [7, 11) is 0. The van der Waals surface area contributed by atoms with Gasteiger partial charge in [-0.2, -0.15) is 0 Å². The van der Waals surface area contributed by atoms with E-state index in [2.05, 4.69) is 21.2 Å². The molecule has 0 aliphatic carbocycles. The van der Waals surface area contributed by atoms with E-state index in [1.807, 2.05) is 0 Å². The molecule has 0 saturated carbocycles. The number of halogens is 1. The van der Waals surface area contributed by atoms with Crippen LogP contribution in [-0.4, -0.2) is 11.0 Å². The number of carbonyl (C=O) groups is 1. The minimum Gasteiger partial charge on any atom is -0.369 e. The number of aliphatic hydroxyl groups is 1. The minimum atomic E-state index is -0.856. The van der Waals surface area contributed by atoms with Crippen molar-refractivity contribution in [1.29, 1.82) is 0 Å². The summed E-state index contributed by atoms with van der Waals surface area (Å²) >= 11 is 3.26. The van der Waals surface area contributed by atoms with E-state index in [9.17, 15) is 9.90 Å². The van der Waals surface area contributed by atoms with Crippen LogP contribution >= 0.6 is 15.9 Å². The van der Waals surface area contributed by atoms with Crippen molar-refractivity contribution >= 4 is 21.8 Å². The molecule has 1 aliphatic heterocycles. The van der Waals surface area contributed by atoms with Crippen molar-refractivity contribution in [3.63, 3.8) is 0 Å². The Balaban J connectivity index is 2.60. The molecule has 4 heteroatoms. The van der Waals surface area contributed by atoms with Crippen LogP contribution < -0.4 is 5.32 Å². The minimum absolute atomic E-state index is 0.218. The molecule has 0 fully saturated rings. The van der Waals surface area contributed by atoms with Crippen LogP contribution in [0.25, 0.3) is 0 Å². The molecule has 0 saturated heterocycles. The van der Waals surface area contributed by atoms with Crippen LogP contribution in [0.3, 0.4) is 0 Å². The van der Waals surface area contributed by atoms with Gasteiger partial charge in [0.05, 0.1) is 0 Å². The van der Waals surface area contributed by atoms with Gasteiger partial charge in [-0.1, -0.05) is 15.9 Å². The third-order valence-electron chi connectivity index (χ3n) is 1.82. The molecule has 1 aliphatic rings. The second-order valence-electron chi connectivity index (χ2n) is 2.61. The summed E-state index contributed by atoms with van der Waals surface area (Å²) in [6.07, 6.45) is -0.856. The first-order chi connectivity index (χ1) is 5.68. The summed E-state index contributed by atoms with van der Waals surface area (Å²) in [5.41, 5.74) is 1.18. The Morgan fingerprint density at radius 2 is 2.25 bits per heavy atom. The molecule has 1 amide bonds. The van der Waals surface area contributed by atoms with Gasteiger partial charge in [-0.25, -0.2) is 0 Å². The first-order valence-electron chi connectivity index (χ1n) is 3.47. The van der Waals surface area contributed by atoms with Crippen molar-refractivity contribution in [2.24, 2.45) is 0 Å². The highest BCUT2D eigenvalue weighted by Gasteiger charge is 2.26. The normalized spacial score (nSPS) is 20.5. The number of hydrogen-bond donors (Lipinski definition) is 2. The van der Waals surface area contributed by atoms with Crippen LogP contribution in [0.5, 0.6) is 0 Å². The maximum absolute atomic E-state index is 11.1. The monoisotopic (exact) mass is 227 g/mol. The second kappa shape index (κ2) is 2.57. The van der Waals surface area contributed by atoms with E-state index in [1.165, 1.54) is 0 Å². The van der Waals surface area contributed by atoms with E-state index in [4.69, 9.17) is 0 Å². The number of rotatable bonds is 0. The van der Waals surface area contributed by atoms with Crippen molar-refractivity contribution in [1.82, 2.24) is 5.32 Å². The summed E-state index contributed by atoms with van der Waals surface area (Å²) < 4.78 is 0.858. The molecule has 1 atom stereocenters. The highest BCUT2D eigenvalue weighted by Crippen LogP contribution is 2.26. The van der Waals surface area contributed by atoms with Gasteiger partial charge in [0.1, 0.15) is 0 Å². The summed E-state index contributed by atoms with van der Waals surface area (Å²) in [6, 6.07) is 5.19. The highest BCUT2D eigenvalue weighted by atomic mass is 79.9. The lowest BCUT2D eigenvalue weighted by molar-refractivity contribution is 0.0850. The van der Waals surface area contributed by atoms with Crippen LogP contribution in [0.4, 0.5) is 0 Å². The molecule has 0 unspecified atom stereocenters. The van der Waals surface area contributed by atoms with Crippen molar-refractivity contribution in [2.75, 3.05) is 0 Å². The SMILES string of the molecule is O=C1N[C@@H](O)c2cc(Br)ccc21. The maximum Gasteiger partial charge on any atom is 0.253 e. The van der Waals surface area contributed by atoms with Crippen molar-refractivity contribution in [3.8, 4) is 0 Å². The standard InChI is InChI=1S/C8H6BrNO2/c9-4-1-2-5-6(3-4)8(12)10-7(5)11/h1-3,8,12H,(H,10,11)/t8-/m0/s1. The van der Waals surface area contributed by atoms with Crippen molar-refractivity contribution in [3.05, 3.63) is 33.8 Å². The Labute approximate surface area is 77.5 Å². The molecule has 1 aromatic carbocycles. The Morgan fingerprint density at radius 1 is 1.50 bits per heavy atom. The predicted octanol–water partition coefficient (Wildman–Crippen LogP) is 1.18. The third-order valence-corrected chi connectivity index (χ3v) is 2.31. The molecule has 62 valence electrons. The Morgan fingerprint density at radius 3 is 3.00 bits per heavy atom. The van der Waals surface area contributed by atoms with Gasteiger partial charge in [0, 0.05) is 15.6 Å². The molecule has 0 spiro atoms. The van der Waals surface area contributed by atoms with Gasteiger partial charge in [0.15, 0.2) is 6.23 Å². The summed E-state index contributed by atoms with van der Waals surface area (Å²) in [5.74, 6) is -0.218. The fourth-order valence-electron chi connectivity index (χ4n) is 1.25. The number of aliphatic hydroxyl groups excluding tert-OH is 1. The first kappa shape index (κ1) is 7.76. The largest absolute Gasteiger partial charge is 0.369 e. The lowest BCUT2D eigenvalue weighted by atomic mass is 10.1. The molecule has 3 nitrogen and oxygen atoms in total. The predicted molar refractivity (Wildman–Crippen MR) is 46.6 cm³/mol. The zero-order chi connectivity index (χ0) is 8.72. The molecular formula is C8H6BrNO2. The lowest BCUT2D eigenvalue weighted by Crippen LogP contribution is -2.17. The number of fused-ring (bicyclic) bond motifs is 1. The van der Waals surface area contributed by atoms with E-state index in [0.717, 1.165) is 4.47 Å². The number of hydrogen-bond acceptors (Lipinski definition) is 2. The second-order valence-corrected chi connectivity index (χ2v) is 3.52. The maximum atomic E-state index is 11.1. The number of amides is 1. The summed E-state index contributed by atoms with van der Waals surface area (Å²) in [6.45, 7) is 0. The molecule has 1 aromatic rings. The smallest absolute Gasteiger partial charge is 0.253 e. The van der Waals surface area contributed by atoms with Gasteiger partial charge in [-0.05, 0) is 18.2 Å². The van der Waals surface area contributed by atoms with Crippen LogP contribution in [0.15, 0.2) is 22.7 Å². The van der Waals surface area contributed by atoms with Crippen LogP contribution in [0, 0.1) is 0 Å². The molecule has 0 radical (unpaired) electrons. The van der Waals surface area contributed by atoms with Gasteiger partial charge < -0.3 is 10.4 Å². The number of benzene rings is 1. The third kappa shape index (κ3) is 1.04. The fraction of sp³-hybridized carbons (Fsp3) is 0.125. The Bertz CT molecular complexity index is 351. The van der Waals surface area contributed by atoms with Crippen molar-refractivity contribution < 1.29 is 9.90 Å². The van der Waals surface area contributed by atoms with E-state index in [-0.39, 0.29) is 5.91 Å². The Kier molecular flexibility index (Phi) is 1.66. The van der Waals surface area contributed by atoms with E-state index < -0.39 is 6.23 Å². The highest BCUT2D eigenvalue weighted by molar-refractivity contribution is 9.10. The first-order valence-corrected chi connectivity index (χ1v) is 4.26. The van der Waals surface area contributed by atoms with E-state index in [0.29, 0.717) is 11.1 Å². The zero-order valence-electron chi connectivity index (χ0n) is 6.04. The zero-order valence-corrected chi connectivity index (χ0v) is 7.63. The van der Waals surface area contributed by atoms with E-state index >= 15 is 0 Å². The summed E-state index contributed by atoms with van der Waals surface area (Å²) in [5, 5.41) is 11.7. The van der Waals surface area contributed by atoms with Crippen LogP contribution in [0.2, 0.25) is 0 Å². The van der Waals surface area contributed by atoms with Crippen LogP contribution in [0.1, 0.15) is 22.1 Å². The van der Waals surface area contributed by atoms with Gasteiger partial charge >= 0.3 is 0 Å². The molecule has 1 heterocycles. The Hall–Kier alpha value is -0.870. The molecule has 2 N–H and O–H groups in total. The van der Waals surface area contributed by atoms with Crippen LogP contribution in [-0.2, 0) is 0 Å². The van der Waals surface area contributed by atoms with Gasteiger partial charge in [-0.15, -0.1) is 0 Å². The number of nitrogens with one attached hydrogen (secondary N) is 1. The molecule has 0 bridgehead atoms. The molecular weight excluding hydrogens is 222 g/mol. The van der Waals surface area contributed by atoms with Gasteiger partial charge in [0.2, 0.25) is 0 Å². The van der Waals surface area contributed by atoms with Gasteiger partial charge in [-0.3, -0.25) is 4.79 Å². The van der Waals surface area contributed by atoms with Crippen molar-refractivity contribution in [2.45, 2.75) is 6.23 Å². The fourth-order valence-corrected chi connectivity index (χ4v) is 1.63. The quantitative estimate of drug-likeness (QED) is 0.700. The van der Waals surface area contributed by atoms with Gasteiger partial charge in [0.25, 0.3) is 5.91 Å². The topological polar surface area (TPSA) is 49.3 Å².